The molecule has 1 aromatic carbocycles. The van der Waals surface area contributed by atoms with E-state index in [-0.39, 0.29) is 5.91 Å². The van der Waals surface area contributed by atoms with Crippen LogP contribution >= 0.6 is 11.3 Å². The van der Waals surface area contributed by atoms with E-state index >= 15 is 0 Å². The van der Waals surface area contributed by atoms with Gasteiger partial charge < -0.3 is 9.84 Å². The number of para-hydroxylation sites is 1. The third kappa shape index (κ3) is 5.12. The Labute approximate surface area is 175 Å². The molecule has 1 aliphatic rings. The van der Waals surface area contributed by atoms with Gasteiger partial charge in [0.1, 0.15) is 0 Å². The van der Waals surface area contributed by atoms with E-state index in [1.54, 1.807) is 11.3 Å². The molecule has 0 atom stereocenters. The first-order chi connectivity index (χ1) is 14.2. The van der Waals surface area contributed by atoms with Crippen molar-refractivity contribution < 1.29 is 9.32 Å². The molecule has 0 radical (unpaired) electrons. The molecule has 1 aliphatic heterocycles. The van der Waals surface area contributed by atoms with Crippen molar-refractivity contribution in [1.82, 2.24) is 15.0 Å². The summed E-state index contributed by atoms with van der Waals surface area (Å²) < 4.78 is 5.47. The van der Waals surface area contributed by atoms with Crippen LogP contribution in [0.4, 0.5) is 5.69 Å². The van der Waals surface area contributed by atoms with Crippen LogP contribution < -0.4 is 5.32 Å². The number of aromatic nitrogens is 1. The van der Waals surface area contributed by atoms with E-state index in [4.69, 9.17) is 4.52 Å². The molecule has 1 amide bonds. The van der Waals surface area contributed by atoms with E-state index in [0.29, 0.717) is 6.54 Å². The molecule has 1 N–H and O–H groups in total. The average molecular weight is 411 g/mol. The van der Waals surface area contributed by atoms with E-state index < -0.39 is 0 Å². The van der Waals surface area contributed by atoms with Gasteiger partial charge in [-0.05, 0) is 29.5 Å². The van der Waals surface area contributed by atoms with Crippen molar-refractivity contribution in [2.24, 2.45) is 0 Å². The molecule has 0 aliphatic carbocycles. The molecule has 0 saturated carbocycles. The normalized spacial score (nSPS) is 15.5. The second-order valence-corrected chi connectivity index (χ2v) is 8.22. The number of hydrogen-bond donors (Lipinski definition) is 1. The van der Waals surface area contributed by atoms with Gasteiger partial charge in [-0.3, -0.25) is 14.6 Å². The summed E-state index contributed by atoms with van der Waals surface area (Å²) in [4.78, 5) is 18.1. The van der Waals surface area contributed by atoms with Gasteiger partial charge in [0.15, 0.2) is 5.76 Å². The molecular weight excluding hydrogens is 384 g/mol. The fourth-order valence-electron chi connectivity index (χ4n) is 3.60. The summed E-state index contributed by atoms with van der Waals surface area (Å²) in [6, 6.07) is 14.1. The van der Waals surface area contributed by atoms with Crippen LogP contribution in [0.2, 0.25) is 0 Å². The Morgan fingerprint density at radius 2 is 1.93 bits per heavy atom. The smallest absolute Gasteiger partial charge is 0.238 e. The van der Waals surface area contributed by atoms with Crippen molar-refractivity contribution >= 4 is 22.9 Å². The summed E-state index contributed by atoms with van der Waals surface area (Å²) in [6.07, 6.45) is 0.908. The van der Waals surface area contributed by atoms with Crippen LogP contribution in [0.25, 0.3) is 10.6 Å². The van der Waals surface area contributed by atoms with Crippen molar-refractivity contribution in [2.45, 2.75) is 19.9 Å². The maximum Gasteiger partial charge on any atom is 0.238 e. The van der Waals surface area contributed by atoms with Crippen molar-refractivity contribution in [3.8, 4) is 10.6 Å². The van der Waals surface area contributed by atoms with Crippen LogP contribution in [-0.2, 0) is 17.8 Å². The molecule has 1 fully saturated rings. The molecule has 3 aromatic rings. The number of piperazine rings is 1. The lowest BCUT2D eigenvalue weighted by Crippen LogP contribution is -2.48. The van der Waals surface area contributed by atoms with Crippen molar-refractivity contribution in [1.29, 1.82) is 0 Å². The van der Waals surface area contributed by atoms with Crippen LogP contribution in [0, 0.1) is 0 Å². The van der Waals surface area contributed by atoms with Gasteiger partial charge in [-0.25, -0.2) is 0 Å². The fraction of sp³-hybridized carbons (Fsp3) is 0.364. The molecule has 3 heterocycles. The lowest BCUT2D eigenvalue weighted by Gasteiger charge is -2.33. The highest BCUT2D eigenvalue weighted by molar-refractivity contribution is 7.13. The number of aryl methyl sites for hydroxylation is 1. The highest BCUT2D eigenvalue weighted by Gasteiger charge is 2.20. The number of benzene rings is 1. The zero-order valence-corrected chi connectivity index (χ0v) is 17.5. The van der Waals surface area contributed by atoms with Crippen molar-refractivity contribution in [3.05, 3.63) is 59.1 Å². The maximum absolute atomic E-state index is 12.4. The monoisotopic (exact) mass is 410 g/mol. The van der Waals surface area contributed by atoms with Gasteiger partial charge in [0.2, 0.25) is 5.91 Å². The molecule has 4 rings (SSSR count). The van der Waals surface area contributed by atoms with Gasteiger partial charge in [-0.2, -0.15) is 0 Å². The average Bonchev–Trinajstić information content (AvgIpc) is 3.42. The number of rotatable bonds is 7. The molecule has 1 saturated heterocycles. The Bertz CT molecular complexity index is 930. The first kappa shape index (κ1) is 19.8. The minimum atomic E-state index is 0.0523. The number of hydrogen-bond acceptors (Lipinski definition) is 6. The quantitative estimate of drug-likeness (QED) is 0.643. The minimum Gasteiger partial charge on any atom is -0.355 e. The Balaban J connectivity index is 1.24. The predicted molar refractivity (Wildman–Crippen MR) is 116 cm³/mol. The van der Waals surface area contributed by atoms with E-state index in [1.807, 2.05) is 41.8 Å². The lowest BCUT2D eigenvalue weighted by molar-refractivity contribution is -0.117. The molecule has 0 unspecified atom stereocenters. The highest BCUT2D eigenvalue weighted by Crippen LogP contribution is 2.25. The third-order valence-electron chi connectivity index (χ3n) is 5.21. The van der Waals surface area contributed by atoms with E-state index in [9.17, 15) is 4.79 Å². The molecular formula is C22H26N4O2S. The summed E-state index contributed by atoms with van der Waals surface area (Å²) in [5, 5.41) is 9.30. The van der Waals surface area contributed by atoms with E-state index in [2.05, 4.69) is 33.3 Å². The van der Waals surface area contributed by atoms with E-state index in [0.717, 1.165) is 61.2 Å². The maximum atomic E-state index is 12.4. The van der Waals surface area contributed by atoms with Gasteiger partial charge in [0.05, 0.1) is 17.1 Å². The zero-order chi connectivity index (χ0) is 20.1. The summed E-state index contributed by atoms with van der Waals surface area (Å²) in [7, 11) is 0. The molecule has 7 heteroatoms. The molecule has 0 spiro atoms. The van der Waals surface area contributed by atoms with Crippen LogP contribution in [-0.4, -0.2) is 53.6 Å². The second kappa shape index (κ2) is 9.35. The summed E-state index contributed by atoms with van der Waals surface area (Å²) in [5.74, 6) is 0.883. The van der Waals surface area contributed by atoms with Crippen LogP contribution in [0.15, 0.2) is 52.4 Å². The summed E-state index contributed by atoms with van der Waals surface area (Å²) >= 11 is 1.65. The molecule has 152 valence electrons. The van der Waals surface area contributed by atoms with Crippen LogP contribution in [0.1, 0.15) is 18.2 Å². The van der Waals surface area contributed by atoms with Gasteiger partial charge in [-0.1, -0.05) is 36.3 Å². The second-order valence-electron chi connectivity index (χ2n) is 7.27. The number of carbonyl (C=O) groups is 1. The van der Waals surface area contributed by atoms with Crippen LogP contribution in [0.5, 0.6) is 0 Å². The van der Waals surface area contributed by atoms with Gasteiger partial charge >= 0.3 is 0 Å². The largest absolute Gasteiger partial charge is 0.355 e. The summed E-state index contributed by atoms with van der Waals surface area (Å²) in [5.41, 5.74) is 3.04. The van der Waals surface area contributed by atoms with Crippen LogP contribution in [0.3, 0.4) is 0 Å². The SMILES string of the molecule is CCc1ccccc1NC(=O)CN1CCN(Cc2cc(-c3cccs3)on2)CC1. The standard InChI is InChI=1S/C22H26N4O2S/c1-2-17-6-3-4-7-19(17)23-22(27)16-26-11-9-25(10-12-26)15-18-14-20(28-24-18)21-8-5-13-29-21/h3-8,13-14H,2,9-12,15-16H2,1H3,(H,23,27). The fourth-order valence-corrected chi connectivity index (χ4v) is 4.27. The van der Waals surface area contributed by atoms with Gasteiger partial charge in [-0.15, -0.1) is 11.3 Å². The Kier molecular flexibility index (Phi) is 6.39. The van der Waals surface area contributed by atoms with Crippen molar-refractivity contribution in [2.75, 3.05) is 38.0 Å². The molecule has 2 aromatic heterocycles. The first-order valence-electron chi connectivity index (χ1n) is 10.0. The Hall–Kier alpha value is -2.48. The lowest BCUT2D eigenvalue weighted by atomic mass is 10.1. The highest BCUT2D eigenvalue weighted by atomic mass is 32.1. The molecule has 0 bridgehead atoms. The number of nitrogens with one attached hydrogen (secondary N) is 1. The molecule has 6 nitrogen and oxygen atoms in total. The predicted octanol–water partition coefficient (Wildman–Crippen LogP) is 3.72. The van der Waals surface area contributed by atoms with Crippen molar-refractivity contribution in [3.63, 3.8) is 0 Å². The number of nitrogens with zero attached hydrogens (tertiary/aromatic N) is 3. The third-order valence-corrected chi connectivity index (χ3v) is 6.10. The number of carbonyl (C=O) groups excluding carboxylic acids is 1. The van der Waals surface area contributed by atoms with Gasteiger partial charge in [0.25, 0.3) is 0 Å². The number of anilines is 1. The summed E-state index contributed by atoms with van der Waals surface area (Å²) in [6.45, 7) is 6.89. The minimum absolute atomic E-state index is 0.0523. The number of amides is 1. The van der Waals surface area contributed by atoms with E-state index in [1.165, 1.54) is 5.56 Å². The molecule has 29 heavy (non-hydrogen) atoms. The zero-order valence-electron chi connectivity index (χ0n) is 16.6. The Morgan fingerprint density at radius 3 is 2.69 bits per heavy atom. The Morgan fingerprint density at radius 1 is 1.14 bits per heavy atom. The number of thiophene rings is 1. The first-order valence-corrected chi connectivity index (χ1v) is 10.9. The topological polar surface area (TPSA) is 61.6 Å². The van der Waals surface area contributed by atoms with Gasteiger partial charge in [0, 0.05) is 44.5 Å².